The second-order valence-electron chi connectivity index (χ2n) is 2.89. The van der Waals surface area contributed by atoms with Gasteiger partial charge in [0.2, 0.25) is 0 Å². The highest BCUT2D eigenvalue weighted by Gasteiger charge is 2.20. The number of allylic oxidation sites excluding steroid dienone is 4. The predicted molar refractivity (Wildman–Crippen MR) is 60.3 cm³/mol. The number of halogens is 3. The molecule has 0 nitrogen and oxygen atoms in total. The Labute approximate surface area is 92.5 Å². The largest absolute Gasteiger partial charge is 0.0589 e. The second kappa shape index (κ2) is 3.75. The van der Waals surface area contributed by atoms with Gasteiger partial charge in [0, 0.05) is 19.9 Å². The smallest absolute Gasteiger partial charge is 0.0421 e. The highest BCUT2D eigenvalue weighted by atomic mass is 79.9. The Hall–Kier alpha value is 0.920. The van der Waals surface area contributed by atoms with E-state index < -0.39 is 0 Å². The van der Waals surface area contributed by atoms with Crippen molar-refractivity contribution in [3.63, 3.8) is 0 Å². The van der Waals surface area contributed by atoms with Gasteiger partial charge in [-0.05, 0) is 43.4 Å². The van der Waals surface area contributed by atoms with Crippen LogP contribution in [0.5, 0.6) is 0 Å². The van der Waals surface area contributed by atoms with Gasteiger partial charge in [0.05, 0.1) is 0 Å². The highest BCUT2D eigenvalue weighted by molar-refractivity contribution is 9.16. The van der Waals surface area contributed by atoms with E-state index in [9.17, 15) is 0 Å². The van der Waals surface area contributed by atoms with E-state index in [0.29, 0.717) is 5.92 Å². The standard InChI is InChI=1S/C8H9Br3/c1-4(2)5-3-6(9)8(11)7(5)10/h4H,3H2,1-2H3. The van der Waals surface area contributed by atoms with E-state index in [1.165, 1.54) is 19.0 Å². The van der Waals surface area contributed by atoms with Crippen LogP contribution in [0.2, 0.25) is 0 Å². The Morgan fingerprint density at radius 1 is 1.09 bits per heavy atom. The zero-order valence-electron chi connectivity index (χ0n) is 6.42. The van der Waals surface area contributed by atoms with Crippen molar-refractivity contribution in [3.8, 4) is 0 Å². The zero-order chi connectivity index (χ0) is 8.59. The monoisotopic (exact) mass is 342 g/mol. The Morgan fingerprint density at radius 3 is 1.82 bits per heavy atom. The van der Waals surface area contributed by atoms with Crippen molar-refractivity contribution < 1.29 is 0 Å². The summed E-state index contributed by atoms with van der Waals surface area (Å²) in [4.78, 5) is 0. The summed E-state index contributed by atoms with van der Waals surface area (Å²) in [5, 5.41) is 0. The molecule has 0 amide bonds. The van der Waals surface area contributed by atoms with Crippen LogP contribution in [0.4, 0.5) is 0 Å². The molecule has 11 heavy (non-hydrogen) atoms. The van der Waals surface area contributed by atoms with Crippen LogP contribution in [0.25, 0.3) is 0 Å². The number of rotatable bonds is 1. The molecule has 1 aliphatic rings. The Kier molecular flexibility index (Phi) is 3.41. The van der Waals surface area contributed by atoms with E-state index in [4.69, 9.17) is 0 Å². The first-order valence-corrected chi connectivity index (χ1v) is 5.85. The molecular weight excluding hydrogens is 336 g/mol. The van der Waals surface area contributed by atoms with Gasteiger partial charge >= 0.3 is 0 Å². The van der Waals surface area contributed by atoms with Gasteiger partial charge in [-0.25, -0.2) is 0 Å². The first-order chi connectivity index (χ1) is 5.04. The number of hydrogen-bond acceptors (Lipinski definition) is 0. The van der Waals surface area contributed by atoms with Crippen LogP contribution in [0.3, 0.4) is 0 Å². The molecule has 0 heterocycles. The molecule has 0 aromatic carbocycles. The minimum Gasteiger partial charge on any atom is -0.0589 e. The molecule has 3 heteroatoms. The first kappa shape index (κ1) is 10.0. The molecule has 0 atom stereocenters. The summed E-state index contributed by atoms with van der Waals surface area (Å²) in [5.74, 6) is 0.618. The lowest BCUT2D eigenvalue weighted by atomic mass is 10.0. The molecular formula is C8H9Br3. The topological polar surface area (TPSA) is 0 Å². The minimum atomic E-state index is 0.618. The van der Waals surface area contributed by atoms with Gasteiger partial charge in [-0.1, -0.05) is 29.8 Å². The molecule has 0 unspecified atom stereocenters. The van der Waals surface area contributed by atoms with Crippen LogP contribution in [0.15, 0.2) is 19.0 Å². The average molecular weight is 345 g/mol. The summed E-state index contributed by atoms with van der Waals surface area (Å²) in [6, 6.07) is 0. The fourth-order valence-corrected chi connectivity index (χ4v) is 3.04. The highest BCUT2D eigenvalue weighted by Crippen LogP contribution is 2.44. The lowest BCUT2D eigenvalue weighted by molar-refractivity contribution is 0.751. The molecule has 1 aliphatic carbocycles. The minimum absolute atomic E-state index is 0.618. The lowest BCUT2D eigenvalue weighted by Crippen LogP contribution is -1.91. The summed E-state index contributed by atoms with van der Waals surface area (Å²) in [6.45, 7) is 4.42. The van der Waals surface area contributed by atoms with Crippen LogP contribution in [0, 0.1) is 5.92 Å². The SMILES string of the molecule is CC(C)C1=C(Br)C(Br)=C(Br)C1. The van der Waals surface area contributed by atoms with Crippen LogP contribution in [-0.2, 0) is 0 Å². The van der Waals surface area contributed by atoms with Crippen molar-refractivity contribution in [2.75, 3.05) is 0 Å². The first-order valence-electron chi connectivity index (χ1n) is 3.47. The van der Waals surface area contributed by atoms with E-state index in [1.54, 1.807) is 0 Å². The molecule has 0 N–H and O–H groups in total. The molecule has 62 valence electrons. The summed E-state index contributed by atoms with van der Waals surface area (Å²) < 4.78 is 3.63. The summed E-state index contributed by atoms with van der Waals surface area (Å²) in [6.07, 6.45) is 1.04. The normalized spacial score (nSPS) is 19.1. The van der Waals surface area contributed by atoms with Crippen molar-refractivity contribution in [3.05, 3.63) is 19.0 Å². The molecule has 1 rings (SSSR count). The zero-order valence-corrected chi connectivity index (χ0v) is 11.2. The van der Waals surface area contributed by atoms with Gasteiger partial charge < -0.3 is 0 Å². The fourth-order valence-electron chi connectivity index (χ4n) is 1.04. The number of hydrogen-bond donors (Lipinski definition) is 0. The predicted octanol–water partition coefficient (Wildman–Crippen LogP) is 4.70. The third-order valence-electron chi connectivity index (χ3n) is 1.76. The van der Waals surface area contributed by atoms with Gasteiger partial charge in [-0.15, -0.1) is 0 Å². The molecule has 0 aliphatic heterocycles. The maximum absolute atomic E-state index is 3.56. The Bertz CT molecular complexity index is 236. The van der Waals surface area contributed by atoms with Crippen LogP contribution in [0.1, 0.15) is 20.3 Å². The average Bonchev–Trinajstić information content (AvgIpc) is 2.17. The Morgan fingerprint density at radius 2 is 1.64 bits per heavy atom. The molecule has 0 radical (unpaired) electrons. The summed E-state index contributed by atoms with van der Waals surface area (Å²) >= 11 is 10.6. The second-order valence-corrected chi connectivity index (χ2v) is 5.43. The van der Waals surface area contributed by atoms with E-state index in [0.717, 1.165) is 6.42 Å². The van der Waals surface area contributed by atoms with Crippen molar-refractivity contribution in [2.24, 2.45) is 5.92 Å². The third kappa shape index (κ3) is 1.99. The van der Waals surface area contributed by atoms with E-state index >= 15 is 0 Å². The van der Waals surface area contributed by atoms with Crippen LogP contribution < -0.4 is 0 Å². The molecule has 0 aromatic rings. The lowest BCUT2D eigenvalue weighted by Gasteiger charge is -2.06. The molecule has 0 saturated heterocycles. The fraction of sp³-hybridized carbons (Fsp3) is 0.500. The van der Waals surface area contributed by atoms with Crippen LogP contribution in [-0.4, -0.2) is 0 Å². The quantitative estimate of drug-likeness (QED) is 0.647. The maximum atomic E-state index is 3.56. The summed E-state index contributed by atoms with van der Waals surface area (Å²) in [5.41, 5.74) is 1.46. The van der Waals surface area contributed by atoms with Crippen molar-refractivity contribution >= 4 is 47.8 Å². The van der Waals surface area contributed by atoms with Crippen molar-refractivity contribution in [1.82, 2.24) is 0 Å². The van der Waals surface area contributed by atoms with Crippen molar-refractivity contribution in [2.45, 2.75) is 20.3 Å². The molecule has 0 fully saturated rings. The summed E-state index contributed by atoms with van der Waals surface area (Å²) in [7, 11) is 0. The van der Waals surface area contributed by atoms with Gasteiger partial charge in [0.25, 0.3) is 0 Å². The molecule has 0 spiro atoms. The van der Waals surface area contributed by atoms with Gasteiger partial charge in [-0.2, -0.15) is 0 Å². The van der Waals surface area contributed by atoms with E-state index in [2.05, 4.69) is 61.6 Å². The van der Waals surface area contributed by atoms with Gasteiger partial charge in [0.1, 0.15) is 0 Å². The van der Waals surface area contributed by atoms with E-state index in [-0.39, 0.29) is 0 Å². The third-order valence-corrected chi connectivity index (χ3v) is 5.28. The molecule has 0 saturated carbocycles. The van der Waals surface area contributed by atoms with Crippen LogP contribution >= 0.6 is 47.8 Å². The maximum Gasteiger partial charge on any atom is 0.0421 e. The molecule has 0 bridgehead atoms. The van der Waals surface area contributed by atoms with E-state index in [1.807, 2.05) is 0 Å². The van der Waals surface area contributed by atoms with Crippen molar-refractivity contribution in [1.29, 1.82) is 0 Å². The Balaban J connectivity index is 2.93. The van der Waals surface area contributed by atoms with Gasteiger partial charge in [0.15, 0.2) is 0 Å². The van der Waals surface area contributed by atoms with Gasteiger partial charge in [-0.3, -0.25) is 0 Å². The molecule has 0 aromatic heterocycles.